The third-order valence-electron chi connectivity index (χ3n) is 2.82. The lowest BCUT2D eigenvalue weighted by Gasteiger charge is -2.06. The molecule has 0 saturated heterocycles. The molecule has 0 fully saturated rings. The fourth-order valence-corrected chi connectivity index (χ4v) is 1.80. The van der Waals surface area contributed by atoms with Crippen molar-refractivity contribution in [3.05, 3.63) is 59.2 Å². The van der Waals surface area contributed by atoms with Crippen LogP contribution in [-0.2, 0) is 6.42 Å². The fraction of sp³-hybridized carbons (Fsp3) is 0.200. The van der Waals surface area contributed by atoms with Gasteiger partial charge < -0.3 is 4.74 Å². The minimum Gasteiger partial charge on any atom is -0.494 e. The first-order valence-corrected chi connectivity index (χ1v) is 5.89. The van der Waals surface area contributed by atoms with E-state index in [0.717, 1.165) is 5.56 Å². The molecule has 0 atom stereocenters. The molecule has 0 aliphatic carbocycles. The van der Waals surface area contributed by atoms with Crippen molar-refractivity contribution in [3.63, 3.8) is 0 Å². The number of benzene rings is 1. The molecule has 0 N–H and O–H groups in total. The summed E-state index contributed by atoms with van der Waals surface area (Å²) in [7, 11) is 1.39. The number of pyridine rings is 1. The van der Waals surface area contributed by atoms with Gasteiger partial charge in [0.2, 0.25) is 0 Å². The molecule has 98 valence electrons. The van der Waals surface area contributed by atoms with Crippen molar-refractivity contribution in [2.24, 2.45) is 0 Å². The molecule has 0 saturated carbocycles. The highest BCUT2D eigenvalue weighted by Crippen LogP contribution is 2.21. The van der Waals surface area contributed by atoms with Crippen molar-refractivity contribution < 1.29 is 13.9 Å². The van der Waals surface area contributed by atoms with Crippen LogP contribution in [0.25, 0.3) is 0 Å². The van der Waals surface area contributed by atoms with E-state index in [9.17, 15) is 9.18 Å². The van der Waals surface area contributed by atoms with Gasteiger partial charge in [0.05, 0.1) is 7.11 Å². The van der Waals surface area contributed by atoms with Crippen molar-refractivity contribution in [2.75, 3.05) is 7.11 Å². The molecule has 1 heterocycles. The molecular formula is C15H14FNO2. The average molecular weight is 259 g/mol. The summed E-state index contributed by atoms with van der Waals surface area (Å²) in [6, 6.07) is 8.26. The first-order chi connectivity index (χ1) is 9.11. The van der Waals surface area contributed by atoms with Gasteiger partial charge in [-0.2, -0.15) is 0 Å². The van der Waals surface area contributed by atoms with E-state index in [-0.39, 0.29) is 18.0 Å². The number of nitrogens with zero attached hydrogens (tertiary/aromatic N) is 1. The Labute approximate surface area is 111 Å². The van der Waals surface area contributed by atoms with E-state index in [1.165, 1.54) is 13.2 Å². The maximum Gasteiger partial charge on any atom is 0.185 e. The molecule has 0 aliphatic heterocycles. The number of aryl methyl sites for hydroxylation is 1. The van der Waals surface area contributed by atoms with Crippen LogP contribution >= 0.6 is 0 Å². The van der Waals surface area contributed by atoms with E-state index in [4.69, 9.17) is 4.74 Å². The maximum absolute atomic E-state index is 13.9. The number of hydrogen-bond donors (Lipinski definition) is 0. The van der Waals surface area contributed by atoms with Gasteiger partial charge >= 0.3 is 0 Å². The largest absolute Gasteiger partial charge is 0.494 e. The van der Waals surface area contributed by atoms with Crippen LogP contribution < -0.4 is 4.74 Å². The second-order valence-corrected chi connectivity index (χ2v) is 4.25. The van der Waals surface area contributed by atoms with Crippen molar-refractivity contribution in [2.45, 2.75) is 13.3 Å². The number of methoxy groups -OCH3 is 1. The summed E-state index contributed by atoms with van der Waals surface area (Å²) in [5, 5.41) is 0. The van der Waals surface area contributed by atoms with Crippen LogP contribution in [0.2, 0.25) is 0 Å². The summed E-state index contributed by atoms with van der Waals surface area (Å²) in [4.78, 5) is 16.1. The molecule has 1 aromatic carbocycles. The van der Waals surface area contributed by atoms with Crippen LogP contribution in [0.1, 0.15) is 21.6 Å². The number of carbonyl (C=O) groups is 1. The Morgan fingerprint density at radius 3 is 2.84 bits per heavy atom. The molecule has 3 nitrogen and oxygen atoms in total. The molecule has 0 aliphatic rings. The molecule has 2 rings (SSSR count). The Morgan fingerprint density at radius 1 is 1.37 bits per heavy atom. The quantitative estimate of drug-likeness (QED) is 0.792. The van der Waals surface area contributed by atoms with Crippen LogP contribution in [-0.4, -0.2) is 17.9 Å². The van der Waals surface area contributed by atoms with E-state index >= 15 is 0 Å². The molecule has 4 heteroatoms. The molecule has 19 heavy (non-hydrogen) atoms. The zero-order chi connectivity index (χ0) is 13.8. The highest BCUT2D eigenvalue weighted by molar-refractivity contribution is 5.95. The SMILES string of the molecule is COc1cccc(CC(=O)c2cc(C)ccn2)c1F. The van der Waals surface area contributed by atoms with Gasteiger partial charge in [-0.3, -0.25) is 9.78 Å². The van der Waals surface area contributed by atoms with Gasteiger partial charge in [-0.05, 0) is 36.2 Å². The van der Waals surface area contributed by atoms with Crippen LogP contribution in [0.4, 0.5) is 4.39 Å². The summed E-state index contributed by atoms with van der Waals surface area (Å²) < 4.78 is 18.8. The predicted octanol–water partition coefficient (Wildman–Crippen LogP) is 2.96. The lowest BCUT2D eigenvalue weighted by atomic mass is 10.0. The topological polar surface area (TPSA) is 39.2 Å². The first kappa shape index (κ1) is 13.2. The molecule has 0 bridgehead atoms. The fourth-order valence-electron chi connectivity index (χ4n) is 1.80. The van der Waals surface area contributed by atoms with Crippen molar-refractivity contribution in [3.8, 4) is 5.75 Å². The minimum absolute atomic E-state index is 0.0283. The van der Waals surface area contributed by atoms with E-state index < -0.39 is 5.82 Å². The van der Waals surface area contributed by atoms with Gasteiger partial charge in [0.1, 0.15) is 5.69 Å². The lowest BCUT2D eigenvalue weighted by Crippen LogP contribution is -2.08. The van der Waals surface area contributed by atoms with Gasteiger partial charge in [-0.1, -0.05) is 12.1 Å². The van der Waals surface area contributed by atoms with Crippen LogP contribution in [0.3, 0.4) is 0 Å². The van der Waals surface area contributed by atoms with E-state index in [0.29, 0.717) is 11.3 Å². The Morgan fingerprint density at radius 2 is 2.16 bits per heavy atom. The van der Waals surface area contributed by atoms with E-state index in [1.807, 2.05) is 13.0 Å². The summed E-state index contributed by atoms with van der Waals surface area (Å²) in [5.41, 5.74) is 1.61. The highest BCUT2D eigenvalue weighted by atomic mass is 19.1. The molecule has 0 amide bonds. The highest BCUT2D eigenvalue weighted by Gasteiger charge is 2.14. The summed E-state index contributed by atoms with van der Waals surface area (Å²) in [5.74, 6) is -0.565. The monoisotopic (exact) mass is 259 g/mol. The Balaban J connectivity index is 2.24. The summed E-state index contributed by atoms with van der Waals surface area (Å²) >= 11 is 0. The zero-order valence-corrected chi connectivity index (χ0v) is 10.8. The standard InChI is InChI=1S/C15H14FNO2/c1-10-6-7-17-12(8-10)13(18)9-11-4-3-5-14(19-2)15(11)16/h3-8H,9H2,1-2H3. The van der Waals surface area contributed by atoms with E-state index in [1.54, 1.807) is 24.4 Å². The molecule has 0 unspecified atom stereocenters. The number of ketones is 1. The Hall–Kier alpha value is -2.23. The number of rotatable bonds is 4. The average Bonchev–Trinajstić information content (AvgIpc) is 2.41. The van der Waals surface area contributed by atoms with Gasteiger partial charge in [0.25, 0.3) is 0 Å². The van der Waals surface area contributed by atoms with Crippen LogP contribution in [0.5, 0.6) is 5.75 Å². The number of carbonyl (C=O) groups excluding carboxylic acids is 1. The third kappa shape index (κ3) is 2.96. The number of aromatic nitrogens is 1. The first-order valence-electron chi connectivity index (χ1n) is 5.89. The zero-order valence-electron chi connectivity index (χ0n) is 10.8. The molecule has 2 aromatic rings. The van der Waals surface area contributed by atoms with Crippen molar-refractivity contribution in [1.29, 1.82) is 0 Å². The maximum atomic E-state index is 13.9. The van der Waals surface area contributed by atoms with Gasteiger partial charge in [0.15, 0.2) is 17.3 Å². The second kappa shape index (κ2) is 5.61. The molecular weight excluding hydrogens is 245 g/mol. The smallest absolute Gasteiger partial charge is 0.185 e. The summed E-state index contributed by atoms with van der Waals surface area (Å²) in [6.07, 6.45) is 1.55. The van der Waals surface area contributed by atoms with Gasteiger partial charge in [-0.15, -0.1) is 0 Å². The predicted molar refractivity (Wildman–Crippen MR) is 70.0 cm³/mol. The van der Waals surface area contributed by atoms with Gasteiger partial charge in [0, 0.05) is 12.6 Å². The second-order valence-electron chi connectivity index (χ2n) is 4.25. The Kier molecular flexibility index (Phi) is 3.90. The normalized spacial score (nSPS) is 10.3. The van der Waals surface area contributed by atoms with E-state index in [2.05, 4.69) is 4.98 Å². The van der Waals surface area contributed by atoms with Crippen molar-refractivity contribution in [1.82, 2.24) is 4.98 Å². The molecule has 0 spiro atoms. The van der Waals surface area contributed by atoms with Crippen molar-refractivity contribution >= 4 is 5.78 Å². The number of halogens is 1. The summed E-state index contributed by atoms with van der Waals surface area (Å²) in [6.45, 7) is 1.88. The van der Waals surface area contributed by atoms with Crippen LogP contribution in [0, 0.1) is 12.7 Å². The number of ether oxygens (including phenoxy) is 1. The number of hydrogen-bond acceptors (Lipinski definition) is 3. The molecule has 1 aromatic heterocycles. The van der Waals surface area contributed by atoms with Crippen LogP contribution in [0.15, 0.2) is 36.5 Å². The number of Topliss-reactive ketones (excluding diaryl/α,β-unsaturated/α-hetero) is 1. The Bertz CT molecular complexity index is 611. The molecule has 0 radical (unpaired) electrons. The minimum atomic E-state index is -0.494. The third-order valence-corrected chi connectivity index (χ3v) is 2.82. The lowest BCUT2D eigenvalue weighted by molar-refractivity contribution is 0.0987. The van der Waals surface area contributed by atoms with Gasteiger partial charge in [-0.25, -0.2) is 4.39 Å².